The largest absolute Gasteiger partial charge is 0.312 e. The van der Waals surface area contributed by atoms with Gasteiger partial charge >= 0.3 is 0 Å². The first-order chi connectivity index (χ1) is 10.2. The van der Waals surface area contributed by atoms with Crippen molar-refractivity contribution in [3.63, 3.8) is 0 Å². The minimum atomic E-state index is 0.748. The summed E-state index contributed by atoms with van der Waals surface area (Å²) < 4.78 is 0. The van der Waals surface area contributed by atoms with Gasteiger partial charge in [0.1, 0.15) is 0 Å². The van der Waals surface area contributed by atoms with Crippen LogP contribution in [0.1, 0.15) is 79.1 Å². The van der Waals surface area contributed by atoms with E-state index in [1.165, 1.54) is 64.5 Å². The van der Waals surface area contributed by atoms with Crippen molar-refractivity contribution in [2.75, 3.05) is 13.1 Å². The standard InChI is InChI=1S/C19H38N2/c1-5-8-16-10-11-17(20-12-6-2)19(14-16)21-13-7-9-18(21)15(3)4/h15-20H,5-14H2,1-4H3. The molecule has 1 saturated carbocycles. The lowest BCUT2D eigenvalue weighted by atomic mass is 9.79. The van der Waals surface area contributed by atoms with Crippen LogP contribution in [0.5, 0.6) is 0 Å². The highest BCUT2D eigenvalue weighted by Crippen LogP contribution is 2.36. The Bertz CT molecular complexity index is 289. The van der Waals surface area contributed by atoms with Crippen LogP contribution in [0.3, 0.4) is 0 Å². The van der Waals surface area contributed by atoms with Crippen LogP contribution in [0.2, 0.25) is 0 Å². The van der Waals surface area contributed by atoms with E-state index in [4.69, 9.17) is 0 Å². The van der Waals surface area contributed by atoms with E-state index < -0.39 is 0 Å². The molecule has 0 bridgehead atoms. The Hall–Kier alpha value is -0.0800. The first kappa shape index (κ1) is 17.3. The molecule has 4 unspecified atom stereocenters. The molecule has 2 nitrogen and oxygen atoms in total. The molecule has 1 N–H and O–H groups in total. The smallest absolute Gasteiger partial charge is 0.0255 e. The number of rotatable bonds is 7. The van der Waals surface area contributed by atoms with Crippen LogP contribution >= 0.6 is 0 Å². The van der Waals surface area contributed by atoms with Crippen LogP contribution in [0.15, 0.2) is 0 Å². The van der Waals surface area contributed by atoms with Gasteiger partial charge in [0.15, 0.2) is 0 Å². The molecule has 1 heterocycles. The quantitative estimate of drug-likeness (QED) is 0.746. The number of likely N-dealkylation sites (tertiary alicyclic amines) is 1. The molecule has 0 radical (unpaired) electrons. The van der Waals surface area contributed by atoms with Gasteiger partial charge in [-0.05, 0) is 63.5 Å². The summed E-state index contributed by atoms with van der Waals surface area (Å²) in [6, 6.07) is 2.38. The number of hydrogen-bond donors (Lipinski definition) is 1. The first-order valence-corrected chi connectivity index (χ1v) is 9.66. The maximum atomic E-state index is 3.88. The van der Waals surface area contributed by atoms with E-state index in [0.29, 0.717) is 0 Å². The maximum Gasteiger partial charge on any atom is 0.0255 e. The fraction of sp³-hybridized carbons (Fsp3) is 1.00. The fourth-order valence-electron chi connectivity index (χ4n) is 4.78. The predicted molar refractivity (Wildman–Crippen MR) is 92.7 cm³/mol. The van der Waals surface area contributed by atoms with Gasteiger partial charge < -0.3 is 5.32 Å². The van der Waals surface area contributed by atoms with Gasteiger partial charge in [0.25, 0.3) is 0 Å². The topological polar surface area (TPSA) is 15.3 Å². The zero-order valence-corrected chi connectivity index (χ0v) is 14.9. The van der Waals surface area contributed by atoms with Gasteiger partial charge in [-0.2, -0.15) is 0 Å². The summed E-state index contributed by atoms with van der Waals surface area (Å²) in [5.74, 6) is 1.79. The van der Waals surface area contributed by atoms with Crippen molar-refractivity contribution < 1.29 is 0 Å². The van der Waals surface area contributed by atoms with Crippen LogP contribution in [-0.2, 0) is 0 Å². The van der Waals surface area contributed by atoms with Crippen LogP contribution in [0.4, 0.5) is 0 Å². The predicted octanol–water partition coefficient (Wildman–Crippen LogP) is 4.44. The summed E-state index contributed by atoms with van der Waals surface area (Å²) in [6.45, 7) is 12.0. The van der Waals surface area contributed by atoms with Crippen molar-refractivity contribution in [2.24, 2.45) is 11.8 Å². The van der Waals surface area contributed by atoms with Crippen molar-refractivity contribution >= 4 is 0 Å². The second-order valence-corrected chi connectivity index (χ2v) is 7.79. The molecule has 1 aliphatic heterocycles. The Balaban J connectivity index is 2.04. The van der Waals surface area contributed by atoms with Crippen molar-refractivity contribution in [1.82, 2.24) is 10.2 Å². The number of hydrogen-bond acceptors (Lipinski definition) is 2. The monoisotopic (exact) mass is 294 g/mol. The molecule has 1 aliphatic carbocycles. The molecular weight excluding hydrogens is 256 g/mol. The van der Waals surface area contributed by atoms with Crippen LogP contribution in [0, 0.1) is 11.8 Å². The lowest BCUT2D eigenvalue weighted by Gasteiger charge is -2.45. The Morgan fingerprint density at radius 2 is 1.90 bits per heavy atom. The Kier molecular flexibility index (Phi) is 7.01. The van der Waals surface area contributed by atoms with Gasteiger partial charge in [0, 0.05) is 18.1 Å². The summed E-state index contributed by atoms with van der Waals surface area (Å²) in [5, 5.41) is 3.88. The summed E-state index contributed by atoms with van der Waals surface area (Å²) in [7, 11) is 0. The molecule has 0 aromatic heterocycles. The van der Waals surface area contributed by atoms with E-state index in [1.54, 1.807) is 0 Å². The van der Waals surface area contributed by atoms with Gasteiger partial charge in [-0.15, -0.1) is 0 Å². The average molecular weight is 295 g/mol. The third kappa shape index (κ3) is 4.45. The number of nitrogens with one attached hydrogen (secondary N) is 1. The van der Waals surface area contributed by atoms with Crippen molar-refractivity contribution in [3.05, 3.63) is 0 Å². The minimum Gasteiger partial charge on any atom is -0.312 e. The van der Waals surface area contributed by atoms with Gasteiger partial charge in [-0.3, -0.25) is 4.90 Å². The van der Waals surface area contributed by atoms with Gasteiger partial charge in [0.05, 0.1) is 0 Å². The summed E-state index contributed by atoms with van der Waals surface area (Å²) in [6.07, 6.45) is 11.2. The number of nitrogens with zero attached hydrogens (tertiary/aromatic N) is 1. The zero-order chi connectivity index (χ0) is 15.2. The normalized spacial score (nSPS) is 34.7. The van der Waals surface area contributed by atoms with Gasteiger partial charge in [0.2, 0.25) is 0 Å². The van der Waals surface area contributed by atoms with Crippen molar-refractivity contribution in [2.45, 2.75) is 97.2 Å². The third-order valence-electron chi connectivity index (χ3n) is 5.82. The van der Waals surface area contributed by atoms with Crippen LogP contribution < -0.4 is 5.32 Å². The second kappa shape index (κ2) is 8.53. The molecular formula is C19H38N2. The zero-order valence-electron chi connectivity index (χ0n) is 14.9. The molecule has 0 spiro atoms. The lowest BCUT2D eigenvalue weighted by molar-refractivity contribution is 0.0676. The average Bonchev–Trinajstić information content (AvgIpc) is 2.95. The third-order valence-corrected chi connectivity index (χ3v) is 5.82. The highest BCUT2D eigenvalue weighted by molar-refractivity contribution is 4.96. The van der Waals surface area contributed by atoms with E-state index in [9.17, 15) is 0 Å². The van der Waals surface area contributed by atoms with Crippen LogP contribution in [-0.4, -0.2) is 36.1 Å². The molecule has 124 valence electrons. The molecule has 0 aromatic rings. The molecule has 1 saturated heterocycles. The fourth-order valence-corrected chi connectivity index (χ4v) is 4.78. The van der Waals surface area contributed by atoms with Crippen molar-refractivity contribution in [3.8, 4) is 0 Å². The Labute approximate surface area is 133 Å². The highest BCUT2D eigenvalue weighted by Gasteiger charge is 2.39. The van der Waals surface area contributed by atoms with E-state index in [1.807, 2.05) is 0 Å². The first-order valence-electron chi connectivity index (χ1n) is 9.66. The Morgan fingerprint density at radius 3 is 2.57 bits per heavy atom. The van der Waals surface area contributed by atoms with E-state index in [0.717, 1.165) is 30.0 Å². The second-order valence-electron chi connectivity index (χ2n) is 7.79. The van der Waals surface area contributed by atoms with Gasteiger partial charge in [-0.1, -0.05) is 40.5 Å². The van der Waals surface area contributed by atoms with E-state index in [2.05, 4.69) is 37.9 Å². The molecule has 2 fully saturated rings. The lowest BCUT2D eigenvalue weighted by Crippen LogP contribution is -2.55. The summed E-state index contributed by atoms with van der Waals surface area (Å²) in [4.78, 5) is 2.90. The van der Waals surface area contributed by atoms with E-state index >= 15 is 0 Å². The molecule has 2 heteroatoms. The van der Waals surface area contributed by atoms with Crippen LogP contribution in [0.25, 0.3) is 0 Å². The molecule has 2 rings (SSSR count). The summed E-state index contributed by atoms with van der Waals surface area (Å²) >= 11 is 0. The molecule has 21 heavy (non-hydrogen) atoms. The van der Waals surface area contributed by atoms with E-state index in [-0.39, 0.29) is 0 Å². The van der Waals surface area contributed by atoms with Gasteiger partial charge in [-0.25, -0.2) is 0 Å². The maximum absolute atomic E-state index is 3.88. The van der Waals surface area contributed by atoms with Crippen molar-refractivity contribution in [1.29, 1.82) is 0 Å². The molecule has 2 aliphatic rings. The Morgan fingerprint density at radius 1 is 1.10 bits per heavy atom. The molecule has 0 aromatic carbocycles. The highest BCUT2D eigenvalue weighted by atomic mass is 15.2. The summed E-state index contributed by atoms with van der Waals surface area (Å²) in [5.41, 5.74) is 0. The molecule has 0 amide bonds. The SMILES string of the molecule is CCCNC1CCC(CCC)CC1N1CCCC1C(C)C. The minimum absolute atomic E-state index is 0.748. The molecule has 4 atom stereocenters.